The van der Waals surface area contributed by atoms with Crippen LogP contribution in [0.15, 0.2) is 73.6 Å². The van der Waals surface area contributed by atoms with E-state index in [0.717, 1.165) is 47.5 Å². The Morgan fingerprint density at radius 1 is 1.12 bits per heavy atom. The van der Waals surface area contributed by atoms with Crippen molar-refractivity contribution in [1.82, 2.24) is 24.6 Å². The average molecular weight is 455 g/mol. The lowest BCUT2D eigenvalue weighted by Crippen LogP contribution is -2.39. The monoisotopic (exact) mass is 454 g/mol. The van der Waals surface area contributed by atoms with E-state index in [9.17, 15) is 4.79 Å². The summed E-state index contributed by atoms with van der Waals surface area (Å²) in [5, 5.41) is 5.69. The van der Waals surface area contributed by atoms with Crippen molar-refractivity contribution in [1.29, 1.82) is 0 Å². The number of carbonyl (C=O) groups excluding carboxylic acids is 1. The van der Waals surface area contributed by atoms with Crippen LogP contribution in [0.4, 0.5) is 5.82 Å². The van der Waals surface area contributed by atoms with Crippen LogP contribution >= 0.6 is 0 Å². The highest BCUT2D eigenvalue weighted by molar-refractivity contribution is 5.98. The van der Waals surface area contributed by atoms with Crippen molar-refractivity contribution < 1.29 is 9.53 Å². The summed E-state index contributed by atoms with van der Waals surface area (Å²) in [6.07, 6.45) is 4.77. The van der Waals surface area contributed by atoms with Crippen LogP contribution in [-0.4, -0.2) is 50.1 Å². The number of hydrogen-bond acceptors (Lipinski definition) is 7. The zero-order chi connectivity index (χ0) is 23.5. The van der Waals surface area contributed by atoms with Crippen LogP contribution in [0.5, 0.6) is 11.5 Å². The molecule has 3 heterocycles. The second kappa shape index (κ2) is 9.44. The van der Waals surface area contributed by atoms with Crippen molar-refractivity contribution in [3.05, 3.63) is 73.6 Å². The van der Waals surface area contributed by atoms with Crippen LogP contribution < -0.4 is 10.5 Å². The SMILES string of the molecule is C=CC(=O)CN1CCC[C@@H](n2nc(-c3ccc(Oc4ccccc4)cc3)c3c(N)ncnc32)C1. The number of fused-ring (bicyclic) bond motifs is 1. The van der Waals surface area contributed by atoms with Crippen molar-refractivity contribution in [3.8, 4) is 22.8 Å². The number of ether oxygens (including phenoxy) is 1. The maximum atomic E-state index is 11.9. The molecule has 1 aliphatic rings. The van der Waals surface area contributed by atoms with Crippen molar-refractivity contribution in [2.24, 2.45) is 0 Å². The summed E-state index contributed by atoms with van der Waals surface area (Å²) in [6, 6.07) is 17.5. The van der Waals surface area contributed by atoms with Gasteiger partial charge in [0.15, 0.2) is 11.4 Å². The number of nitrogen functional groups attached to an aromatic ring is 1. The molecule has 1 atom stereocenters. The summed E-state index contributed by atoms with van der Waals surface area (Å²) in [6.45, 7) is 5.54. The molecule has 34 heavy (non-hydrogen) atoms. The van der Waals surface area contributed by atoms with Gasteiger partial charge in [-0.3, -0.25) is 9.69 Å². The first-order valence-corrected chi connectivity index (χ1v) is 11.3. The molecule has 2 aromatic carbocycles. The maximum Gasteiger partial charge on any atom is 0.169 e. The van der Waals surface area contributed by atoms with Crippen molar-refractivity contribution in [2.45, 2.75) is 18.9 Å². The first-order valence-electron chi connectivity index (χ1n) is 11.3. The summed E-state index contributed by atoms with van der Waals surface area (Å²) >= 11 is 0. The zero-order valence-corrected chi connectivity index (χ0v) is 18.8. The van der Waals surface area contributed by atoms with Gasteiger partial charge in [0.05, 0.1) is 18.0 Å². The molecule has 1 saturated heterocycles. The molecule has 172 valence electrons. The third-order valence-corrected chi connectivity index (χ3v) is 6.06. The topological polar surface area (TPSA) is 99.2 Å². The van der Waals surface area contributed by atoms with E-state index in [-0.39, 0.29) is 11.8 Å². The fourth-order valence-corrected chi connectivity index (χ4v) is 4.42. The Morgan fingerprint density at radius 3 is 2.65 bits per heavy atom. The highest BCUT2D eigenvalue weighted by atomic mass is 16.5. The van der Waals surface area contributed by atoms with Gasteiger partial charge in [-0.15, -0.1) is 0 Å². The maximum absolute atomic E-state index is 11.9. The molecular weight excluding hydrogens is 428 g/mol. The number of ketones is 1. The highest BCUT2D eigenvalue weighted by Crippen LogP contribution is 2.34. The van der Waals surface area contributed by atoms with E-state index in [0.29, 0.717) is 24.6 Å². The van der Waals surface area contributed by atoms with Crippen LogP contribution in [0, 0.1) is 0 Å². The van der Waals surface area contributed by atoms with Gasteiger partial charge in [-0.1, -0.05) is 24.8 Å². The van der Waals surface area contributed by atoms with Crippen LogP contribution in [-0.2, 0) is 4.79 Å². The lowest BCUT2D eigenvalue weighted by atomic mass is 10.1. The van der Waals surface area contributed by atoms with E-state index in [2.05, 4.69) is 21.4 Å². The molecule has 0 aliphatic carbocycles. The molecule has 2 N–H and O–H groups in total. The summed E-state index contributed by atoms with van der Waals surface area (Å²) in [4.78, 5) is 22.8. The normalized spacial score (nSPS) is 16.4. The molecule has 8 nitrogen and oxygen atoms in total. The number of para-hydroxylation sites is 1. The summed E-state index contributed by atoms with van der Waals surface area (Å²) in [7, 11) is 0. The lowest BCUT2D eigenvalue weighted by molar-refractivity contribution is -0.116. The van der Waals surface area contributed by atoms with Gasteiger partial charge in [0.1, 0.15) is 29.3 Å². The lowest BCUT2D eigenvalue weighted by Gasteiger charge is -2.32. The summed E-state index contributed by atoms with van der Waals surface area (Å²) < 4.78 is 7.86. The zero-order valence-electron chi connectivity index (χ0n) is 18.8. The van der Waals surface area contributed by atoms with Crippen LogP contribution in [0.2, 0.25) is 0 Å². The molecule has 0 radical (unpaired) electrons. The van der Waals surface area contributed by atoms with Crippen molar-refractivity contribution >= 4 is 22.6 Å². The van der Waals surface area contributed by atoms with Crippen molar-refractivity contribution in [3.63, 3.8) is 0 Å². The summed E-state index contributed by atoms with van der Waals surface area (Å²) in [5.74, 6) is 1.93. The molecule has 2 aromatic heterocycles. The number of anilines is 1. The Kier molecular flexibility index (Phi) is 6.05. The predicted octanol–water partition coefficient (Wildman–Crippen LogP) is 4.26. The molecule has 0 bridgehead atoms. The van der Waals surface area contributed by atoms with E-state index in [1.54, 1.807) is 0 Å². The second-order valence-corrected chi connectivity index (χ2v) is 8.39. The number of rotatable bonds is 7. The highest BCUT2D eigenvalue weighted by Gasteiger charge is 2.27. The summed E-state index contributed by atoms with van der Waals surface area (Å²) in [5.41, 5.74) is 8.63. The minimum absolute atomic E-state index is 0.0241. The van der Waals surface area contributed by atoms with E-state index >= 15 is 0 Å². The van der Waals surface area contributed by atoms with E-state index < -0.39 is 0 Å². The molecule has 4 aromatic rings. The molecule has 1 fully saturated rings. The number of piperidine rings is 1. The average Bonchev–Trinajstić information content (AvgIpc) is 3.26. The molecule has 8 heteroatoms. The molecule has 0 amide bonds. The van der Waals surface area contributed by atoms with Gasteiger partial charge < -0.3 is 10.5 Å². The molecule has 0 spiro atoms. The molecule has 0 unspecified atom stereocenters. The Balaban J connectivity index is 1.47. The number of benzene rings is 2. The van der Waals surface area contributed by atoms with Gasteiger partial charge in [0.25, 0.3) is 0 Å². The molecular formula is C26H26N6O2. The van der Waals surface area contributed by atoms with Crippen LogP contribution in [0.3, 0.4) is 0 Å². The van der Waals surface area contributed by atoms with Gasteiger partial charge in [0, 0.05) is 12.1 Å². The largest absolute Gasteiger partial charge is 0.457 e. The Bertz CT molecular complexity index is 1320. The van der Waals surface area contributed by atoms with Crippen LogP contribution in [0.1, 0.15) is 18.9 Å². The Labute approximate surface area is 197 Å². The quantitative estimate of drug-likeness (QED) is 0.417. The number of carbonyl (C=O) groups is 1. The molecule has 1 aliphatic heterocycles. The number of hydrogen-bond donors (Lipinski definition) is 1. The smallest absolute Gasteiger partial charge is 0.169 e. The van der Waals surface area contributed by atoms with E-state index in [1.165, 1.54) is 12.4 Å². The van der Waals surface area contributed by atoms with Crippen molar-refractivity contribution in [2.75, 3.05) is 25.4 Å². The van der Waals surface area contributed by atoms with Gasteiger partial charge >= 0.3 is 0 Å². The number of nitrogens with two attached hydrogens (primary N) is 1. The first-order chi connectivity index (χ1) is 16.6. The number of aromatic nitrogens is 4. The Morgan fingerprint density at radius 2 is 1.88 bits per heavy atom. The minimum Gasteiger partial charge on any atom is -0.457 e. The molecule has 5 rings (SSSR count). The van der Waals surface area contributed by atoms with E-state index in [1.807, 2.05) is 59.3 Å². The number of nitrogens with zero attached hydrogens (tertiary/aromatic N) is 5. The standard InChI is InChI=1S/C26H26N6O2/c1-2-20(33)16-31-14-6-7-19(15-31)32-26-23(25(27)28-17-29-26)24(30-32)18-10-12-22(13-11-18)34-21-8-4-3-5-9-21/h2-5,8-13,17,19H,1,6-7,14-16H2,(H2,27,28,29)/t19-/m1/s1. The predicted molar refractivity (Wildman–Crippen MR) is 132 cm³/mol. The van der Waals surface area contributed by atoms with Gasteiger partial charge in [-0.05, 0) is 61.9 Å². The van der Waals surface area contributed by atoms with Gasteiger partial charge in [-0.25, -0.2) is 14.6 Å². The third-order valence-electron chi connectivity index (χ3n) is 6.06. The van der Waals surface area contributed by atoms with E-state index in [4.69, 9.17) is 15.6 Å². The van der Waals surface area contributed by atoms with Gasteiger partial charge in [0.2, 0.25) is 0 Å². The minimum atomic E-state index is 0.0241. The fourth-order valence-electron chi connectivity index (χ4n) is 4.42. The fraction of sp³-hybridized carbons (Fsp3) is 0.231. The van der Waals surface area contributed by atoms with Gasteiger partial charge in [-0.2, -0.15) is 5.10 Å². The Hall–Kier alpha value is -4.04. The van der Waals surface area contributed by atoms with Crippen LogP contribution in [0.25, 0.3) is 22.3 Å². The first kappa shape index (κ1) is 21.8. The molecule has 0 saturated carbocycles. The second-order valence-electron chi connectivity index (χ2n) is 8.39. The number of likely N-dealkylation sites (tertiary alicyclic amines) is 1. The third kappa shape index (κ3) is 4.40.